The Bertz CT molecular complexity index is 513. The van der Waals surface area contributed by atoms with Gasteiger partial charge in [-0.1, -0.05) is 18.2 Å². The van der Waals surface area contributed by atoms with Gasteiger partial charge in [-0.25, -0.2) is 0 Å². The van der Waals surface area contributed by atoms with Crippen LogP contribution >= 0.6 is 0 Å². The molecule has 24 heavy (non-hydrogen) atoms. The molecule has 0 radical (unpaired) electrons. The van der Waals surface area contributed by atoms with E-state index in [-0.39, 0.29) is 0 Å². The molecule has 0 aromatic heterocycles. The summed E-state index contributed by atoms with van der Waals surface area (Å²) in [6, 6.07) is 8.16. The van der Waals surface area contributed by atoms with Crippen LogP contribution in [-0.2, 0) is 11.2 Å². The first-order valence-electron chi connectivity index (χ1n) is 8.86. The SMILES string of the molecule is CN=C(NCCc1ccccc1OC)N(C)CCC1CCOCC1. The van der Waals surface area contributed by atoms with Crippen LogP contribution in [0.15, 0.2) is 29.3 Å². The number of hydrogen-bond acceptors (Lipinski definition) is 3. The van der Waals surface area contributed by atoms with Crippen molar-refractivity contribution in [3.05, 3.63) is 29.8 Å². The number of guanidine groups is 1. The molecule has 5 heteroatoms. The molecule has 1 aromatic carbocycles. The number of benzene rings is 1. The number of aliphatic imine (C=N–C) groups is 1. The lowest BCUT2D eigenvalue weighted by molar-refractivity contribution is 0.0625. The second-order valence-corrected chi connectivity index (χ2v) is 6.30. The van der Waals surface area contributed by atoms with Gasteiger partial charge in [-0.2, -0.15) is 0 Å². The summed E-state index contributed by atoms with van der Waals surface area (Å²) in [7, 11) is 5.67. The molecule has 134 valence electrons. The van der Waals surface area contributed by atoms with Gasteiger partial charge in [0.1, 0.15) is 5.75 Å². The number of nitrogens with zero attached hydrogens (tertiary/aromatic N) is 2. The van der Waals surface area contributed by atoms with Crippen LogP contribution in [0.2, 0.25) is 0 Å². The Kier molecular flexibility index (Phi) is 7.89. The lowest BCUT2D eigenvalue weighted by Crippen LogP contribution is -2.40. The van der Waals surface area contributed by atoms with Gasteiger partial charge < -0.3 is 19.7 Å². The van der Waals surface area contributed by atoms with Crippen molar-refractivity contribution >= 4 is 5.96 Å². The molecule has 0 unspecified atom stereocenters. The molecule has 0 bridgehead atoms. The van der Waals surface area contributed by atoms with E-state index in [1.807, 2.05) is 25.2 Å². The lowest BCUT2D eigenvalue weighted by atomic mass is 9.96. The summed E-state index contributed by atoms with van der Waals surface area (Å²) in [5.74, 6) is 2.69. The highest BCUT2D eigenvalue weighted by molar-refractivity contribution is 5.79. The van der Waals surface area contributed by atoms with E-state index in [0.717, 1.165) is 50.4 Å². The van der Waals surface area contributed by atoms with Crippen LogP contribution in [0.4, 0.5) is 0 Å². The molecule has 0 aliphatic carbocycles. The van der Waals surface area contributed by atoms with Crippen molar-refractivity contribution in [2.45, 2.75) is 25.7 Å². The zero-order chi connectivity index (χ0) is 17.2. The maximum absolute atomic E-state index is 5.43. The highest BCUT2D eigenvalue weighted by atomic mass is 16.5. The van der Waals surface area contributed by atoms with Crippen LogP contribution in [0.5, 0.6) is 5.75 Å². The molecule has 1 aliphatic rings. The van der Waals surface area contributed by atoms with E-state index >= 15 is 0 Å². The molecule has 0 spiro atoms. The summed E-state index contributed by atoms with van der Waals surface area (Å²) in [6.07, 6.45) is 4.49. The Morgan fingerprint density at radius 3 is 2.79 bits per heavy atom. The van der Waals surface area contributed by atoms with Gasteiger partial charge in [-0.3, -0.25) is 4.99 Å². The fourth-order valence-electron chi connectivity index (χ4n) is 3.12. The summed E-state index contributed by atoms with van der Waals surface area (Å²) in [5, 5.41) is 3.45. The Morgan fingerprint density at radius 2 is 2.08 bits per heavy atom. The van der Waals surface area contributed by atoms with Crippen LogP contribution in [0.1, 0.15) is 24.8 Å². The first kappa shape index (κ1) is 18.6. The van der Waals surface area contributed by atoms with E-state index in [2.05, 4.69) is 28.3 Å². The molecular weight excluding hydrogens is 302 g/mol. The molecule has 1 heterocycles. The van der Waals surface area contributed by atoms with Gasteiger partial charge in [0.05, 0.1) is 7.11 Å². The van der Waals surface area contributed by atoms with Crippen molar-refractivity contribution in [1.82, 2.24) is 10.2 Å². The van der Waals surface area contributed by atoms with E-state index in [9.17, 15) is 0 Å². The maximum atomic E-state index is 5.43. The summed E-state index contributed by atoms with van der Waals surface area (Å²) < 4.78 is 10.8. The second-order valence-electron chi connectivity index (χ2n) is 6.30. The van der Waals surface area contributed by atoms with Crippen molar-refractivity contribution in [2.24, 2.45) is 10.9 Å². The van der Waals surface area contributed by atoms with Crippen molar-refractivity contribution in [2.75, 3.05) is 47.5 Å². The summed E-state index contributed by atoms with van der Waals surface area (Å²) in [4.78, 5) is 6.62. The van der Waals surface area contributed by atoms with Crippen LogP contribution in [0, 0.1) is 5.92 Å². The van der Waals surface area contributed by atoms with Gasteiger partial charge in [0.25, 0.3) is 0 Å². The summed E-state index contributed by atoms with van der Waals surface area (Å²) >= 11 is 0. The standard InChI is InChI=1S/C19H31N3O2/c1-20-19(22(2)13-9-16-10-14-24-15-11-16)21-12-8-17-6-4-5-7-18(17)23-3/h4-7,16H,8-15H2,1-3H3,(H,20,21). The minimum atomic E-state index is 0.785. The first-order valence-corrected chi connectivity index (χ1v) is 8.86. The van der Waals surface area contributed by atoms with Gasteiger partial charge in [0, 0.05) is 40.4 Å². The molecule has 1 aromatic rings. The molecule has 1 N–H and O–H groups in total. The molecule has 5 nitrogen and oxygen atoms in total. The van der Waals surface area contributed by atoms with Crippen molar-refractivity contribution in [1.29, 1.82) is 0 Å². The van der Waals surface area contributed by atoms with Crippen molar-refractivity contribution < 1.29 is 9.47 Å². The molecule has 1 aliphatic heterocycles. The van der Waals surface area contributed by atoms with E-state index in [1.54, 1.807) is 7.11 Å². The molecule has 1 saturated heterocycles. The third kappa shape index (κ3) is 5.71. The lowest BCUT2D eigenvalue weighted by Gasteiger charge is -2.26. The third-order valence-electron chi connectivity index (χ3n) is 4.66. The maximum Gasteiger partial charge on any atom is 0.193 e. The number of para-hydroxylation sites is 1. The van der Waals surface area contributed by atoms with Gasteiger partial charge >= 0.3 is 0 Å². The Hall–Kier alpha value is -1.75. The van der Waals surface area contributed by atoms with Crippen LogP contribution < -0.4 is 10.1 Å². The van der Waals surface area contributed by atoms with E-state index in [1.165, 1.54) is 24.8 Å². The quantitative estimate of drug-likeness (QED) is 0.615. The molecular formula is C19H31N3O2. The Labute approximate surface area is 146 Å². The van der Waals surface area contributed by atoms with Crippen molar-refractivity contribution in [3.8, 4) is 5.75 Å². The van der Waals surface area contributed by atoms with Crippen molar-refractivity contribution in [3.63, 3.8) is 0 Å². The number of ether oxygens (including phenoxy) is 2. The molecule has 1 fully saturated rings. The Morgan fingerprint density at radius 1 is 1.33 bits per heavy atom. The van der Waals surface area contributed by atoms with Gasteiger partial charge in [-0.05, 0) is 43.2 Å². The van der Waals surface area contributed by atoms with E-state index in [4.69, 9.17) is 9.47 Å². The normalized spacial score (nSPS) is 16.0. The fourth-order valence-corrected chi connectivity index (χ4v) is 3.12. The topological polar surface area (TPSA) is 46.1 Å². The van der Waals surface area contributed by atoms with Crippen LogP contribution in [-0.4, -0.2) is 58.4 Å². The largest absolute Gasteiger partial charge is 0.496 e. The zero-order valence-corrected chi connectivity index (χ0v) is 15.3. The summed E-state index contributed by atoms with van der Waals surface area (Å²) in [6.45, 7) is 3.70. The predicted molar refractivity (Wildman–Crippen MR) is 98.8 cm³/mol. The average molecular weight is 333 g/mol. The molecule has 0 saturated carbocycles. The van der Waals surface area contributed by atoms with E-state index in [0.29, 0.717) is 0 Å². The average Bonchev–Trinajstić information content (AvgIpc) is 2.64. The number of methoxy groups -OCH3 is 1. The number of rotatable bonds is 7. The summed E-state index contributed by atoms with van der Waals surface area (Å²) in [5.41, 5.74) is 1.22. The fraction of sp³-hybridized carbons (Fsp3) is 0.632. The molecule has 0 amide bonds. The number of hydrogen-bond donors (Lipinski definition) is 1. The van der Waals surface area contributed by atoms with E-state index < -0.39 is 0 Å². The van der Waals surface area contributed by atoms with Crippen LogP contribution in [0.3, 0.4) is 0 Å². The van der Waals surface area contributed by atoms with Gasteiger partial charge in [0.2, 0.25) is 0 Å². The number of nitrogens with one attached hydrogen (secondary N) is 1. The van der Waals surface area contributed by atoms with Gasteiger partial charge in [0.15, 0.2) is 5.96 Å². The second kappa shape index (κ2) is 10.2. The van der Waals surface area contributed by atoms with Crippen LogP contribution in [0.25, 0.3) is 0 Å². The predicted octanol–water partition coefficient (Wildman–Crippen LogP) is 2.56. The highest BCUT2D eigenvalue weighted by Gasteiger charge is 2.15. The third-order valence-corrected chi connectivity index (χ3v) is 4.66. The molecule has 2 rings (SSSR count). The Balaban J connectivity index is 1.74. The zero-order valence-electron chi connectivity index (χ0n) is 15.3. The smallest absolute Gasteiger partial charge is 0.193 e. The minimum absolute atomic E-state index is 0.785. The monoisotopic (exact) mass is 333 g/mol. The minimum Gasteiger partial charge on any atom is -0.496 e. The molecule has 0 atom stereocenters. The first-order chi connectivity index (χ1) is 11.7. The highest BCUT2D eigenvalue weighted by Crippen LogP contribution is 2.19. The van der Waals surface area contributed by atoms with Gasteiger partial charge in [-0.15, -0.1) is 0 Å².